The van der Waals surface area contributed by atoms with E-state index in [1.807, 2.05) is 4.90 Å². The summed E-state index contributed by atoms with van der Waals surface area (Å²) < 4.78 is 5.06. The highest BCUT2D eigenvalue weighted by atomic mass is 16.5. The van der Waals surface area contributed by atoms with Crippen LogP contribution in [-0.4, -0.2) is 60.9 Å². The van der Waals surface area contributed by atoms with Gasteiger partial charge in [0.05, 0.1) is 19.8 Å². The fraction of sp³-hybridized carbons (Fsp3) is 0.556. The van der Waals surface area contributed by atoms with Crippen molar-refractivity contribution in [2.24, 2.45) is 0 Å². The molecule has 1 aliphatic heterocycles. The highest BCUT2D eigenvalue weighted by molar-refractivity contribution is 5.95. The summed E-state index contributed by atoms with van der Waals surface area (Å²) in [7, 11) is 0. The average Bonchev–Trinajstić information content (AvgIpc) is 2.62. The second kappa shape index (κ2) is 10.0. The number of piperidine rings is 1. The molecular weight excluding hydrogens is 322 g/mol. The second-order valence-corrected chi connectivity index (χ2v) is 6.14. The van der Waals surface area contributed by atoms with Crippen molar-refractivity contribution in [2.45, 2.75) is 32.2 Å². The van der Waals surface area contributed by atoms with E-state index < -0.39 is 0 Å². The Bertz CT molecular complexity index is 562. The van der Waals surface area contributed by atoms with Crippen LogP contribution >= 0.6 is 0 Å². The van der Waals surface area contributed by atoms with E-state index in [1.54, 1.807) is 24.3 Å². The number of nitrogens with one attached hydrogen (secondary N) is 2. The van der Waals surface area contributed by atoms with E-state index in [-0.39, 0.29) is 31.2 Å². The first kappa shape index (κ1) is 19.2. The van der Waals surface area contributed by atoms with Crippen molar-refractivity contribution < 1.29 is 19.4 Å². The van der Waals surface area contributed by atoms with Crippen LogP contribution in [0.15, 0.2) is 24.3 Å². The Morgan fingerprint density at radius 2 is 2.00 bits per heavy atom. The molecule has 0 aliphatic carbocycles. The molecule has 1 saturated heterocycles. The first-order valence-electron chi connectivity index (χ1n) is 8.76. The quantitative estimate of drug-likeness (QED) is 0.655. The number of aliphatic hydroxyl groups is 1. The molecule has 0 bridgehead atoms. The van der Waals surface area contributed by atoms with Crippen molar-refractivity contribution in [3.05, 3.63) is 29.8 Å². The Balaban J connectivity index is 1.81. The standard InChI is InChI=1S/C18H27N3O4/c1-14-4-2-3-10-21(14)17(23)15-5-7-16(8-6-15)20-18(24)19-9-12-25-13-11-22/h5-8,14,22H,2-4,9-13H2,1H3,(H2,19,20,24)/t14-/m0/s1. The normalized spacial score (nSPS) is 17.2. The van der Waals surface area contributed by atoms with Crippen LogP contribution in [0.4, 0.5) is 10.5 Å². The van der Waals surface area contributed by atoms with E-state index in [0.717, 1.165) is 19.4 Å². The molecule has 0 radical (unpaired) electrons. The Kier molecular flexibility index (Phi) is 7.69. The van der Waals surface area contributed by atoms with Crippen molar-refractivity contribution in [1.82, 2.24) is 10.2 Å². The van der Waals surface area contributed by atoms with Crippen LogP contribution < -0.4 is 10.6 Å². The maximum Gasteiger partial charge on any atom is 0.319 e. The molecule has 1 aromatic rings. The summed E-state index contributed by atoms with van der Waals surface area (Å²) in [5, 5.41) is 13.9. The zero-order chi connectivity index (χ0) is 18.1. The fourth-order valence-corrected chi connectivity index (χ4v) is 2.84. The highest BCUT2D eigenvalue weighted by Gasteiger charge is 2.23. The van der Waals surface area contributed by atoms with Crippen molar-refractivity contribution >= 4 is 17.6 Å². The molecule has 0 spiro atoms. The topological polar surface area (TPSA) is 90.9 Å². The lowest BCUT2D eigenvalue weighted by Crippen LogP contribution is -2.42. The SMILES string of the molecule is C[C@H]1CCCCN1C(=O)c1ccc(NC(=O)NCCOCCO)cc1. The van der Waals surface area contributed by atoms with Gasteiger partial charge in [-0.2, -0.15) is 0 Å². The first-order chi connectivity index (χ1) is 12.1. The number of carbonyl (C=O) groups excluding carboxylic acids is 2. The highest BCUT2D eigenvalue weighted by Crippen LogP contribution is 2.20. The van der Waals surface area contributed by atoms with Crippen molar-refractivity contribution in [3.8, 4) is 0 Å². The Labute approximate surface area is 148 Å². The van der Waals surface area contributed by atoms with Gasteiger partial charge in [-0.3, -0.25) is 4.79 Å². The summed E-state index contributed by atoms with van der Waals surface area (Å²) in [6.45, 7) is 3.81. The monoisotopic (exact) mass is 349 g/mol. The minimum Gasteiger partial charge on any atom is -0.394 e. The van der Waals surface area contributed by atoms with Gasteiger partial charge in [-0.15, -0.1) is 0 Å². The summed E-state index contributed by atoms with van der Waals surface area (Å²) in [4.78, 5) is 26.2. The van der Waals surface area contributed by atoms with Gasteiger partial charge in [0, 0.05) is 30.4 Å². The lowest BCUT2D eigenvalue weighted by Gasteiger charge is -2.33. The van der Waals surface area contributed by atoms with E-state index in [4.69, 9.17) is 9.84 Å². The third kappa shape index (κ3) is 6.03. The number of ether oxygens (including phenoxy) is 1. The largest absolute Gasteiger partial charge is 0.394 e. The van der Waals surface area contributed by atoms with E-state index in [1.165, 1.54) is 6.42 Å². The number of anilines is 1. The van der Waals surface area contributed by atoms with Crippen LogP contribution in [0.3, 0.4) is 0 Å². The van der Waals surface area contributed by atoms with Crippen LogP contribution in [0.1, 0.15) is 36.5 Å². The number of carbonyl (C=O) groups is 2. The Morgan fingerprint density at radius 1 is 1.24 bits per heavy atom. The number of likely N-dealkylation sites (tertiary alicyclic amines) is 1. The summed E-state index contributed by atoms with van der Waals surface area (Å²) in [5.41, 5.74) is 1.26. The number of amides is 3. The predicted molar refractivity (Wildman–Crippen MR) is 95.7 cm³/mol. The molecule has 25 heavy (non-hydrogen) atoms. The summed E-state index contributed by atoms with van der Waals surface area (Å²) in [6.07, 6.45) is 3.28. The lowest BCUT2D eigenvalue weighted by atomic mass is 10.0. The molecule has 0 aromatic heterocycles. The minimum absolute atomic E-state index is 0.0343. The molecule has 7 heteroatoms. The van der Waals surface area contributed by atoms with Crippen molar-refractivity contribution in [2.75, 3.05) is 38.2 Å². The average molecular weight is 349 g/mol. The van der Waals surface area contributed by atoms with Crippen LogP contribution in [0.2, 0.25) is 0 Å². The van der Waals surface area contributed by atoms with Gasteiger partial charge in [0.2, 0.25) is 0 Å². The number of urea groups is 1. The summed E-state index contributed by atoms with van der Waals surface area (Å²) in [5.74, 6) is 0.0456. The third-order valence-electron chi connectivity index (χ3n) is 4.22. The number of benzene rings is 1. The third-order valence-corrected chi connectivity index (χ3v) is 4.22. The summed E-state index contributed by atoms with van der Waals surface area (Å²) in [6, 6.07) is 6.87. The number of rotatable bonds is 7. The van der Waals surface area contributed by atoms with Gasteiger partial charge in [0.1, 0.15) is 0 Å². The van der Waals surface area contributed by atoms with Gasteiger partial charge in [0.15, 0.2) is 0 Å². The Hall–Kier alpha value is -2.12. The number of hydrogen-bond acceptors (Lipinski definition) is 4. The minimum atomic E-state index is -0.337. The van der Waals surface area contributed by atoms with Gasteiger partial charge in [-0.05, 0) is 50.5 Å². The van der Waals surface area contributed by atoms with Gasteiger partial charge >= 0.3 is 6.03 Å². The van der Waals surface area contributed by atoms with Gasteiger partial charge in [0.25, 0.3) is 5.91 Å². The molecule has 0 saturated carbocycles. The number of hydrogen-bond donors (Lipinski definition) is 3. The second-order valence-electron chi connectivity index (χ2n) is 6.14. The number of aliphatic hydroxyl groups excluding tert-OH is 1. The molecule has 1 heterocycles. The molecule has 3 N–H and O–H groups in total. The van der Waals surface area contributed by atoms with E-state index >= 15 is 0 Å². The van der Waals surface area contributed by atoms with Crippen LogP contribution in [0, 0.1) is 0 Å². The van der Waals surface area contributed by atoms with Crippen LogP contribution in [0.5, 0.6) is 0 Å². The molecule has 1 fully saturated rings. The molecule has 3 amide bonds. The van der Waals surface area contributed by atoms with Crippen molar-refractivity contribution in [3.63, 3.8) is 0 Å². The van der Waals surface area contributed by atoms with E-state index in [2.05, 4.69) is 17.6 Å². The number of nitrogens with zero attached hydrogens (tertiary/aromatic N) is 1. The van der Waals surface area contributed by atoms with E-state index in [9.17, 15) is 9.59 Å². The van der Waals surface area contributed by atoms with Gasteiger partial charge < -0.3 is 25.4 Å². The van der Waals surface area contributed by atoms with Gasteiger partial charge in [-0.25, -0.2) is 4.79 Å². The maximum atomic E-state index is 12.6. The maximum absolute atomic E-state index is 12.6. The molecule has 138 valence electrons. The molecule has 1 atom stereocenters. The molecular formula is C18H27N3O4. The van der Waals surface area contributed by atoms with Crippen LogP contribution in [0.25, 0.3) is 0 Å². The van der Waals surface area contributed by atoms with Crippen molar-refractivity contribution in [1.29, 1.82) is 0 Å². The van der Waals surface area contributed by atoms with E-state index in [0.29, 0.717) is 24.4 Å². The zero-order valence-corrected chi connectivity index (χ0v) is 14.7. The zero-order valence-electron chi connectivity index (χ0n) is 14.7. The fourth-order valence-electron chi connectivity index (χ4n) is 2.84. The first-order valence-corrected chi connectivity index (χ1v) is 8.76. The smallest absolute Gasteiger partial charge is 0.319 e. The van der Waals surface area contributed by atoms with Crippen LogP contribution in [-0.2, 0) is 4.74 Å². The van der Waals surface area contributed by atoms with Gasteiger partial charge in [-0.1, -0.05) is 0 Å². The Morgan fingerprint density at radius 3 is 2.68 bits per heavy atom. The molecule has 7 nitrogen and oxygen atoms in total. The molecule has 1 aliphatic rings. The molecule has 0 unspecified atom stereocenters. The predicted octanol–water partition coefficient (Wildman–Crippen LogP) is 1.83. The summed E-state index contributed by atoms with van der Waals surface area (Å²) >= 11 is 0. The molecule has 1 aromatic carbocycles. The lowest BCUT2D eigenvalue weighted by molar-refractivity contribution is 0.0635. The molecule has 2 rings (SSSR count).